The fourth-order valence-corrected chi connectivity index (χ4v) is 2.94. The van der Waals surface area contributed by atoms with Gasteiger partial charge in [-0.2, -0.15) is 0 Å². The SMILES string of the molecule is CC(C)(C)OC(=O)NCC1CCCCC1Nc1ccc(O)cc1. The highest BCUT2D eigenvalue weighted by atomic mass is 16.6. The Morgan fingerprint density at radius 1 is 1.22 bits per heavy atom. The number of phenols is 1. The lowest BCUT2D eigenvalue weighted by Gasteiger charge is -2.33. The molecule has 0 heterocycles. The highest BCUT2D eigenvalue weighted by molar-refractivity contribution is 5.67. The second-order valence-corrected chi connectivity index (χ2v) is 7.23. The predicted molar refractivity (Wildman–Crippen MR) is 91.7 cm³/mol. The molecule has 2 rings (SSSR count). The number of ether oxygens (including phenoxy) is 1. The Bertz CT molecular complexity index is 508. The van der Waals surface area contributed by atoms with Gasteiger partial charge in [-0.05, 0) is 63.8 Å². The second-order valence-electron chi connectivity index (χ2n) is 7.23. The first-order chi connectivity index (χ1) is 10.8. The first-order valence-corrected chi connectivity index (χ1v) is 8.36. The number of hydrogen-bond donors (Lipinski definition) is 3. The monoisotopic (exact) mass is 320 g/mol. The number of amides is 1. The van der Waals surface area contributed by atoms with E-state index >= 15 is 0 Å². The highest BCUT2D eigenvalue weighted by Gasteiger charge is 2.26. The molecule has 1 aliphatic rings. The Morgan fingerprint density at radius 3 is 2.52 bits per heavy atom. The lowest BCUT2D eigenvalue weighted by atomic mass is 9.84. The van der Waals surface area contributed by atoms with Crippen molar-refractivity contribution in [2.45, 2.75) is 58.1 Å². The molecule has 2 atom stereocenters. The summed E-state index contributed by atoms with van der Waals surface area (Å²) < 4.78 is 5.30. The second kappa shape index (κ2) is 7.57. The smallest absolute Gasteiger partial charge is 0.407 e. The van der Waals surface area contributed by atoms with Crippen molar-refractivity contribution in [3.63, 3.8) is 0 Å². The minimum Gasteiger partial charge on any atom is -0.508 e. The lowest BCUT2D eigenvalue weighted by Crippen LogP contribution is -2.42. The van der Waals surface area contributed by atoms with Crippen molar-refractivity contribution >= 4 is 11.8 Å². The summed E-state index contributed by atoms with van der Waals surface area (Å²) >= 11 is 0. The lowest BCUT2D eigenvalue weighted by molar-refractivity contribution is 0.0514. The van der Waals surface area contributed by atoms with E-state index in [2.05, 4.69) is 10.6 Å². The van der Waals surface area contributed by atoms with Gasteiger partial charge < -0.3 is 20.5 Å². The van der Waals surface area contributed by atoms with Crippen LogP contribution in [0.15, 0.2) is 24.3 Å². The summed E-state index contributed by atoms with van der Waals surface area (Å²) in [4.78, 5) is 11.8. The number of carbonyl (C=O) groups is 1. The standard InChI is InChI=1S/C18H28N2O3/c1-18(2,3)23-17(22)19-12-13-6-4-5-7-16(13)20-14-8-10-15(21)11-9-14/h8-11,13,16,20-21H,4-7,12H2,1-3H3,(H,19,22). The zero-order valence-electron chi connectivity index (χ0n) is 14.3. The Hall–Kier alpha value is -1.91. The Balaban J connectivity index is 1.88. The Morgan fingerprint density at radius 2 is 1.87 bits per heavy atom. The van der Waals surface area contributed by atoms with Crippen molar-refractivity contribution in [3.05, 3.63) is 24.3 Å². The van der Waals surface area contributed by atoms with Crippen LogP contribution in [0.5, 0.6) is 5.75 Å². The summed E-state index contributed by atoms with van der Waals surface area (Å²) in [6.45, 7) is 6.21. The van der Waals surface area contributed by atoms with E-state index in [0.717, 1.165) is 18.5 Å². The predicted octanol–water partition coefficient (Wildman–Crippen LogP) is 3.89. The van der Waals surface area contributed by atoms with Crippen LogP contribution < -0.4 is 10.6 Å². The molecule has 0 aromatic heterocycles. The number of anilines is 1. The third-order valence-corrected chi connectivity index (χ3v) is 4.04. The zero-order valence-corrected chi connectivity index (χ0v) is 14.3. The third kappa shape index (κ3) is 6.00. The number of nitrogens with one attached hydrogen (secondary N) is 2. The first-order valence-electron chi connectivity index (χ1n) is 8.36. The number of phenolic OH excluding ortho intramolecular Hbond substituents is 1. The fraction of sp³-hybridized carbons (Fsp3) is 0.611. The van der Waals surface area contributed by atoms with Gasteiger partial charge >= 0.3 is 6.09 Å². The molecule has 0 aliphatic heterocycles. The van der Waals surface area contributed by atoms with Gasteiger partial charge in [0.25, 0.3) is 0 Å². The summed E-state index contributed by atoms with van der Waals surface area (Å²) in [6.07, 6.45) is 4.20. The molecule has 1 aliphatic carbocycles. The molecule has 5 nitrogen and oxygen atoms in total. The molecule has 2 unspecified atom stereocenters. The zero-order chi connectivity index (χ0) is 16.9. The van der Waals surface area contributed by atoms with Gasteiger partial charge in [-0.25, -0.2) is 4.79 Å². The van der Waals surface area contributed by atoms with Crippen molar-refractivity contribution in [2.75, 3.05) is 11.9 Å². The summed E-state index contributed by atoms with van der Waals surface area (Å²) in [5, 5.41) is 15.8. The van der Waals surface area contributed by atoms with Crippen molar-refractivity contribution < 1.29 is 14.6 Å². The van der Waals surface area contributed by atoms with Crippen molar-refractivity contribution in [3.8, 4) is 5.75 Å². The number of rotatable bonds is 4. The van der Waals surface area contributed by atoms with Gasteiger partial charge in [-0.3, -0.25) is 0 Å². The van der Waals surface area contributed by atoms with Gasteiger partial charge in [-0.1, -0.05) is 12.8 Å². The minimum absolute atomic E-state index is 0.266. The summed E-state index contributed by atoms with van der Waals surface area (Å²) in [5.41, 5.74) is 0.525. The molecule has 5 heteroatoms. The van der Waals surface area contributed by atoms with E-state index < -0.39 is 5.60 Å². The molecule has 1 aromatic carbocycles. The van der Waals surface area contributed by atoms with Crippen LogP contribution in [0.3, 0.4) is 0 Å². The Kier molecular flexibility index (Phi) is 5.74. The van der Waals surface area contributed by atoms with E-state index in [0.29, 0.717) is 18.5 Å². The van der Waals surface area contributed by atoms with E-state index in [-0.39, 0.29) is 11.8 Å². The molecule has 1 amide bonds. The quantitative estimate of drug-likeness (QED) is 0.736. The summed E-state index contributed by atoms with van der Waals surface area (Å²) in [7, 11) is 0. The maximum Gasteiger partial charge on any atom is 0.407 e. The Labute approximate surface area is 138 Å². The largest absolute Gasteiger partial charge is 0.508 e. The summed E-state index contributed by atoms with van der Waals surface area (Å²) in [5.74, 6) is 0.646. The summed E-state index contributed by atoms with van der Waals surface area (Å²) in [6, 6.07) is 7.44. The normalized spacial score (nSPS) is 21.5. The van der Waals surface area contributed by atoms with E-state index in [1.54, 1.807) is 12.1 Å². The van der Waals surface area contributed by atoms with Crippen molar-refractivity contribution in [1.29, 1.82) is 0 Å². The average molecular weight is 320 g/mol. The average Bonchev–Trinajstić information content (AvgIpc) is 2.47. The van der Waals surface area contributed by atoms with Crippen molar-refractivity contribution in [1.82, 2.24) is 5.32 Å². The number of aromatic hydroxyl groups is 1. The minimum atomic E-state index is -0.472. The van der Waals surface area contributed by atoms with Crippen LogP contribution in [0.25, 0.3) is 0 Å². The van der Waals surface area contributed by atoms with Gasteiger partial charge in [0.2, 0.25) is 0 Å². The fourth-order valence-electron chi connectivity index (χ4n) is 2.94. The van der Waals surface area contributed by atoms with Crippen LogP contribution >= 0.6 is 0 Å². The number of hydrogen-bond acceptors (Lipinski definition) is 4. The molecule has 1 fully saturated rings. The van der Waals surface area contributed by atoms with Gasteiger partial charge in [0.05, 0.1) is 0 Å². The molecular weight excluding hydrogens is 292 g/mol. The molecule has 0 saturated heterocycles. The van der Waals surface area contributed by atoms with Crippen LogP contribution in [0.2, 0.25) is 0 Å². The van der Waals surface area contributed by atoms with Gasteiger partial charge in [0.15, 0.2) is 0 Å². The number of benzene rings is 1. The van der Waals surface area contributed by atoms with Crippen LogP contribution in [0, 0.1) is 5.92 Å². The topological polar surface area (TPSA) is 70.6 Å². The molecule has 0 bridgehead atoms. The van der Waals surface area contributed by atoms with Crippen LogP contribution in [0.4, 0.5) is 10.5 Å². The third-order valence-electron chi connectivity index (χ3n) is 4.04. The molecule has 128 valence electrons. The maximum absolute atomic E-state index is 11.8. The maximum atomic E-state index is 11.8. The van der Waals surface area contributed by atoms with Gasteiger partial charge in [-0.15, -0.1) is 0 Å². The van der Waals surface area contributed by atoms with Crippen LogP contribution in [-0.4, -0.2) is 29.4 Å². The molecular formula is C18H28N2O3. The number of carbonyl (C=O) groups excluding carboxylic acids is 1. The molecule has 1 saturated carbocycles. The van der Waals surface area contributed by atoms with Gasteiger partial charge in [0, 0.05) is 18.3 Å². The molecule has 0 radical (unpaired) electrons. The highest BCUT2D eigenvalue weighted by Crippen LogP contribution is 2.27. The van der Waals surface area contributed by atoms with Crippen molar-refractivity contribution in [2.24, 2.45) is 5.92 Å². The molecule has 3 N–H and O–H groups in total. The number of alkyl carbamates (subject to hydrolysis) is 1. The molecule has 1 aromatic rings. The van der Waals surface area contributed by atoms with Crippen LogP contribution in [-0.2, 0) is 4.74 Å². The first kappa shape index (κ1) is 17.4. The van der Waals surface area contributed by atoms with E-state index in [1.165, 1.54) is 12.8 Å². The molecule has 0 spiro atoms. The van der Waals surface area contributed by atoms with Crippen LogP contribution in [0.1, 0.15) is 46.5 Å². The van der Waals surface area contributed by atoms with Gasteiger partial charge in [0.1, 0.15) is 11.4 Å². The van der Waals surface area contributed by atoms with E-state index in [4.69, 9.17) is 4.74 Å². The van der Waals surface area contributed by atoms with E-state index in [1.807, 2.05) is 32.9 Å². The van der Waals surface area contributed by atoms with E-state index in [9.17, 15) is 9.90 Å². The molecule has 23 heavy (non-hydrogen) atoms.